The predicted molar refractivity (Wildman–Crippen MR) is 68.5 cm³/mol. The second-order valence-electron chi connectivity index (χ2n) is 4.73. The number of rotatable bonds is 5. The van der Waals surface area contributed by atoms with Crippen molar-refractivity contribution in [2.75, 3.05) is 26.3 Å². The second-order valence-corrected chi connectivity index (χ2v) is 4.73. The van der Waals surface area contributed by atoms with E-state index in [1.807, 2.05) is 0 Å². The molecule has 0 spiro atoms. The molecule has 0 bridgehead atoms. The summed E-state index contributed by atoms with van der Waals surface area (Å²) in [6.07, 6.45) is 0.712. The van der Waals surface area contributed by atoms with Crippen LogP contribution in [0, 0.1) is 5.82 Å². The standard InChI is InChI=1S/C14H18FNO3/c15-12-3-1-11(2-4-12)9-13(10-14(17)18)16-5-7-19-8-6-16/h1-4,13H,5-10H2,(H,17,18). The largest absolute Gasteiger partial charge is 0.481 e. The van der Waals surface area contributed by atoms with Crippen LogP contribution in [-0.4, -0.2) is 48.3 Å². The van der Waals surface area contributed by atoms with Crippen molar-refractivity contribution in [3.8, 4) is 0 Å². The first-order chi connectivity index (χ1) is 9.15. The highest BCUT2D eigenvalue weighted by Crippen LogP contribution is 2.15. The number of carboxylic acids is 1. The molecule has 1 aliphatic heterocycles. The number of nitrogens with zero attached hydrogens (tertiary/aromatic N) is 1. The highest BCUT2D eigenvalue weighted by Gasteiger charge is 2.23. The zero-order chi connectivity index (χ0) is 13.7. The molecule has 0 saturated carbocycles. The van der Waals surface area contributed by atoms with Gasteiger partial charge in [0, 0.05) is 19.1 Å². The fourth-order valence-electron chi connectivity index (χ4n) is 2.37. The van der Waals surface area contributed by atoms with Crippen molar-refractivity contribution in [2.24, 2.45) is 0 Å². The van der Waals surface area contributed by atoms with Crippen molar-refractivity contribution in [1.29, 1.82) is 0 Å². The zero-order valence-electron chi connectivity index (χ0n) is 10.7. The van der Waals surface area contributed by atoms with Gasteiger partial charge in [0.25, 0.3) is 0 Å². The van der Waals surface area contributed by atoms with Gasteiger partial charge >= 0.3 is 5.97 Å². The molecule has 1 fully saturated rings. The fourth-order valence-corrected chi connectivity index (χ4v) is 2.37. The van der Waals surface area contributed by atoms with Gasteiger partial charge in [-0.3, -0.25) is 9.69 Å². The number of morpholine rings is 1. The van der Waals surface area contributed by atoms with Crippen LogP contribution in [-0.2, 0) is 16.0 Å². The SMILES string of the molecule is O=C(O)CC(Cc1ccc(F)cc1)N1CCOCC1. The van der Waals surface area contributed by atoms with Crippen LogP contribution in [0.3, 0.4) is 0 Å². The van der Waals surface area contributed by atoms with Crippen molar-refractivity contribution >= 4 is 5.97 Å². The summed E-state index contributed by atoms with van der Waals surface area (Å²) in [5.41, 5.74) is 0.958. The normalized spacial score (nSPS) is 18.2. The first-order valence-corrected chi connectivity index (χ1v) is 6.43. The van der Waals surface area contributed by atoms with Crippen LogP contribution >= 0.6 is 0 Å². The van der Waals surface area contributed by atoms with Gasteiger partial charge in [0.1, 0.15) is 5.82 Å². The minimum atomic E-state index is -0.807. The van der Waals surface area contributed by atoms with E-state index in [0.717, 1.165) is 18.7 Å². The molecule has 4 nitrogen and oxygen atoms in total. The van der Waals surface area contributed by atoms with Crippen molar-refractivity contribution in [1.82, 2.24) is 4.90 Å². The lowest BCUT2D eigenvalue weighted by Gasteiger charge is -2.33. The number of halogens is 1. The molecule has 1 atom stereocenters. The molecule has 5 heteroatoms. The van der Waals surface area contributed by atoms with Gasteiger partial charge in [0.2, 0.25) is 0 Å². The maximum atomic E-state index is 12.9. The van der Waals surface area contributed by atoms with Crippen molar-refractivity contribution in [3.63, 3.8) is 0 Å². The molecule has 1 aliphatic rings. The molecule has 0 radical (unpaired) electrons. The number of carboxylic acid groups (broad SMARTS) is 1. The smallest absolute Gasteiger partial charge is 0.304 e. The summed E-state index contributed by atoms with van der Waals surface area (Å²) in [7, 11) is 0. The van der Waals surface area contributed by atoms with Crippen LogP contribution in [0.4, 0.5) is 4.39 Å². The van der Waals surface area contributed by atoms with Crippen molar-refractivity contribution < 1.29 is 19.0 Å². The Hall–Kier alpha value is -1.46. The molecule has 1 N–H and O–H groups in total. The van der Waals surface area contributed by atoms with E-state index in [1.54, 1.807) is 12.1 Å². The fraction of sp³-hybridized carbons (Fsp3) is 0.500. The summed E-state index contributed by atoms with van der Waals surface area (Å²) in [4.78, 5) is 13.1. The van der Waals surface area contributed by atoms with Gasteiger partial charge in [-0.2, -0.15) is 0 Å². The molecule has 0 amide bonds. The molecule has 1 aromatic rings. The average Bonchev–Trinajstić information content (AvgIpc) is 2.41. The van der Waals surface area contributed by atoms with E-state index >= 15 is 0 Å². The molecular formula is C14H18FNO3. The van der Waals surface area contributed by atoms with Crippen LogP contribution < -0.4 is 0 Å². The Morgan fingerprint density at radius 3 is 2.53 bits per heavy atom. The summed E-state index contributed by atoms with van der Waals surface area (Å²) in [5.74, 6) is -1.08. The number of hydrogen-bond acceptors (Lipinski definition) is 3. The summed E-state index contributed by atoms with van der Waals surface area (Å²) in [5, 5.41) is 9.02. The molecule has 0 aliphatic carbocycles. The molecule has 0 aromatic heterocycles. The Kier molecular flexibility index (Phi) is 4.87. The number of benzene rings is 1. The molecular weight excluding hydrogens is 249 g/mol. The lowest BCUT2D eigenvalue weighted by Crippen LogP contribution is -2.45. The summed E-state index contributed by atoms with van der Waals surface area (Å²) < 4.78 is 18.1. The van der Waals surface area contributed by atoms with Crippen molar-refractivity contribution in [3.05, 3.63) is 35.6 Å². The third-order valence-corrected chi connectivity index (χ3v) is 3.36. The summed E-state index contributed by atoms with van der Waals surface area (Å²) in [6.45, 7) is 2.78. The molecule has 1 saturated heterocycles. The van der Waals surface area contributed by atoms with Crippen LogP contribution in [0.25, 0.3) is 0 Å². The van der Waals surface area contributed by atoms with E-state index in [0.29, 0.717) is 19.6 Å². The lowest BCUT2D eigenvalue weighted by molar-refractivity contribution is -0.138. The minimum absolute atomic E-state index is 0.0631. The highest BCUT2D eigenvalue weighted by atomic mass is 19.1. The Bertz CT molecular complexity index is 415. The second kappa shape index (κ2) is 6.63. The Labute approximate surface area is 111 Å². The Balaban J connectivity index is 2.03. The third kappa shape index (κ3) is 4.29. The predicted octanol–water partition coefficient (Wildman–Crippen LogP) is 1.54. The molecule has 19 heavy (non-hydrogen) atoms. The van der Waals surface area contributed by atoms with Crippen molar-refractivity contribution in [2.45, 2.75) is 18.9 Å². The van der Waals surface area contributed by atoms with Crippen LogP contribution in [0.15, 0.2) is 24.3 Å². The topological polar surface area (TPSA) is 49.8 Å². The lowest BCUT2D eigenvalue weighted by atomic mass is 10.0. The monoisotopic (exact) mass is 267 g/mol. The summed E-state index contributed by atoms with van der Waals surface area (Å²) in [6, 6.07) is 6.18. The van der Waals surface area contributed by atoms with Crippen LogP contribution in [0.2, 0.25) is 0 Å². The Morgan fingerprint density at radius 2 is 1.95 bits per heavy atom. The number of carbonyl (C=O) groups is 1. The maximum absolute atomic E-state index is 12.9. The van der Waals surface area contributed by atoms with E-state index in [1.165, 1.54) is 12.1 Å². The van der Waals surface area contributed by atoms with Gasteiger partial charge in [-0.1, -0.05) is 12.1 Å². The molecule has 1 heterocycles. The van der Waals surface area contributed by atoms with E-state index in [2.05, 4.69) is 4.90 Å². The number of aliphatic carboxylic acids is 1. The first kappa shape index (κ1) is 14.0. The first-order valence-electron chi connectivity index (χ1n) is 6.43. The van der Waals surface area contributed by atoms with Gasteiger partial charge in [-0.15, -0.1) is 0 Å². The third-order valence-electron chi connectivity index (χ3n) is 3.36. The van der Waals surface area contributed by atoms with E-state index in [4.69, 9.17) is 9.84 Å². The highest BCUT2D eigenvalue weighted by molar-refractivity contribution is 5.67. The molecule has 2 rings (SSSR count). The Morgan fingerprint density at radius 1 is 1.32 bits per heavy atom. The van der Waals surface area contributed by atoms with Gasteiger partial charge in [0.05, 0.1) is 19.6 Å². The van der Waals surface area contributed by atoms with Crippen LogP contribution in [0.5, 0.6) is 0 Å². The van der Waals surface area contributed by atoms with E-state index in [9.17, 15) is 9.18 Å². The summed E-state index contributed by atoms with van der Waals surface area (Å²) >= 11 is 0. The minimum Gasteiger partial charge on any atom is -0.481 e. The van der Waals surface area contributed by atoms with E-state index < -0.39 is 5.97 Å². The average molecular weight is 267 g/mol. The molecule has 104 valence electrons. The van der Waals surface area contributed by atoms with E-state index in [-0.39, 0.29) is 18.3 Å². The van der Waals surface area contributed by atoms with Gasteiger partial charge in [-0.05, 0) is 24.1 Å². The van der Waals surface area contributed by atoms with Crippen LogP contribution in [0.1, 0.15) is 12.0 Å². The number of hydrogen-bond donors (Lipinski definition) is 1. The number of ether oxygens (including phenoxy) is 1. The van der Waals surface area contributed by atoms with Gasteiger partial charge in [0.15, 0.2) is 0 Å². The zero-order valence-corrected chi connectivity index (χ0v) is 10.7. The quantitative estimate of drug-likeness (QED) is 0.879. The molecule has 1 unspecified atom stereocenters. The molecule has 1 aromatic carbocycles. The van der Waals surface area contributed by atoms with Gasteiger partial charge in [-0.25, -0.2) is 4.39 Å². The van der Waals surface area contributed by atoms with Gasteiger partial charge < -0.3 is 9.84 Å². The maximum Gasteiger partial charge on any atom is 0.304 e.